The van der Waals surface area contributed by atoms with Gasteiger partial charge in [-0.3, -0.25) is 0 Å². The molecule has 0 bridgehead atoms. The molecule has 1 aliphatic rings. The molecular weight excluding hydrogens is 280 g/mol. The van der Waals surface area contributed by atoms with Crippen LogP contribution in [0.1, 0.15) is 54.1 Å². The summed E-state index contributed by atoms with van der Waals surface area (Å²) in [6.07, 6.45) is 2.22. The zero-order valence-corrected chi connectivity index (χ0v) is 13.7. The Bertz CT molecular complexity index is 621. The van der Waals surface area contributed by atoms with Crippen molar-refractivity contribution in [1.82, 2.24) is 10.3 Å². The Morgan fingerprint density at radius 1 is 1.43 bits per heavy atom. The number of hydrogen-bond donors (Lipinski definition) is 1. The average Bonchev–Trinajstić information content (AvgIpc) is 3.11. The van der Waals surface area contributed by atoms with Crippen LogP contribution >= 0.6 is 11.3 Å². The lowest BCUT2D eigenvalue weighted by Gasteiger charge is -2.14. The smallest absolute Gasteiger partial charge is 0.122 e. The molecular formula is C17H22N2OS. The average molecular weight is 302 g/mol. The number of rotatable bonds is 5. The first kappa shape index (κ1) is 14.5. The van der Waals surface area contributed by atoms with E-state index in [9.17, 15) is 0 Å². The highest BCUT2D eigenvalue weighted by atomic mass is 32.1. The molecule has 1 aromatic carbocycles. The lowest BCUT2D eigenvalue weighted by molar-refractivity contribution is 0.410. The zero-order valence-electron chi connectivity index (χ0n) is 12.8. The molecule has 1 aliphatic carbocycles. The van der Waals surface area contributed by atoms with E-state index in [1.807, 2.05) is 0 Å². The van der Waals surface area contributed by atoms with E-state index in [4.69, 9.17) is 9.72 Å². The predicted octanol–water partition coefficient (Wildman–Crippen LogP) is 4.05. The molecule has 1 aromatic heterocycles. The van der Waals surface area contributed by atoms with Gasteiger partial charge in [0.05, 0.1) is 17.8 Å². The molecule has 0 saturated heterocycles. The van der Waals surface area contributed by atoms with Crippen molar-refractivity contribution in [2.24, 2.45) is 0 Å². The number of nitrogens with zero attached hydrogens (tertiary/aromatic N) is 1. The quantitative estimate of drug-likeness (QED) is 0.904. The number of aromatic nitrogens is 1. The van der Waals surface area contributed by atoms with Crippen molar-refractivity contribution in [2.75, 3.05) is 7.11 Å². The molecule has 1 N–H and O–H groups in total. The number of fused-ring (bicyclic) bond motifs is 1. The lowest BCUT2D eigenvalue weighted by Crippen LogP contribution is -2.18. The van der Waals surface area contributed by atoms with Gasteiger partial charge in [0.25, 0.3) is 0 Å². The van der Waals surface area contributed by atoms with Crippen LogP contribution in [-0.2, 0) is 13.0 Å². The number of benzene rings is 1. The van der Waals surface area contributed by atoms with Crippen LogP contribution in [0, 0.1) is 0 Å². The van der Waals surface area contributed by atoms with Crippen LogP contribution in [0.5, 0.6) is 5.75 Å². The Morgan fingerprint density at radius 3 is 3.00 bits per heavy atom. The van der Waals surface area contributed by atoms with E-state index in [-0.39, 0.29) is 0 Å². The van der Waals surface area contributed by atoms with Gasteiger partial charge in [-0.25, -0.2) is 4.98 Å². The third kappa shape index (κ3) is 2.97. The highest BCUT2D eigenvalue weighted by molar-refractivity contribution is 7.09. The van der Waals surface area contributed by atoms with Crippen molar-refractivity contribution in [3.05, 3.63) is 45.4 Å². The number of ether oxygens (including phenoxy) is 1. The third-order valence-corrected chi connectivity index (χ3v) is 5.23. The fourth-order valence-corrected chi connectivity index (χ4v) is 3.76. The molecule has 112 valence electrons. The molecule has 0 aliphatic heterocycles. The minimum atomic E-state index is 0.416. The van der Waals surface area contributed by atoms with Gasteiger partial charge in [0, 0.05) is 23.9 Å². The molecule has 21 heavy (non-hydrogen) atoms. The fourth-order valence-electron chi connectivity index (χ4n) is 2.92. The van der Waals surface area contributed by atoms with E-state index in [0.29, 0.717) is 12.0 Å². The van der Waals surface area contributed by atoms with Gasteiger partial charge in [-0.05, 0) is 30.0 Å². The van der Waals surface area contributed by atoms with Crippen molar-refractivity contribution in [3.8, 4) is 5.75 Å². The van der Waals surface area contributed by atoms with Gasteiger partial charge < -0.3 is 10.1 Å². The highest BCUT2D eigenvalue weighted by Crippen LogP contribution is 2.36. The molecule has 0 amide bonds. The number of thiazole rings is 1. The maximum atomic E-state index is 5.46. The lowest BCUT2D eigenvalue weighted by atomic mass is 10.1. The van der Waals surface area contributed by atoms with Crippen molar-refractivity contribution in [3.63, 3.8) is 0 Å². The SMILES string of the molecule is COc1cccc2c1CC[C@H]2NCc1csc(C(C)C)n1. The molecule has 1 heterocycles. The molecule has 1 atom stereocenters. The van der Waals surface area contributed by atoms with E-state index >= 15 is 0 Å². The molecule has 0 fully saturated rings. The Hall–Kier alpha value is -1.39. The molecule has 3 rings (SSSR count). The van der Waals surface area contributed by atoms with Gasteiger partial charge in [-0.1, -0.05) is 26.0 Å². The number of nitrogens with one attached hydrogen (secondary N) is 1. The second kappa shape index (κ2) is 6.16. The Morgan fingerprint density at radius 2 is 2.29 bits per heavy atom. The first-order valence-corrected chi connectivity index (χ1v) is 8.40. The van der Waals surface area contributed by atoms with Crippen LogP contribution in [0.25, 0.3) is 0 Å². The Labute approximate surface area is 130 Å². The van der Waals surface area contributed by atoms with Crippen molar-refractivity contribution < 1.29 is 4.74 Å². The summed E-state index contributed by atoms with van der Waals surface area (Å²) < 4.78 is 5.46. The first-order chi connectivity index (χ1) is 10.2. The summed E-state index contributed by atoms with van der Waals surface area (Å²) in [6, 6.07) is 6.76. The van der Waals surface area contributed by atoms with Crippen molar-refractivity contribution in [1.29, 1.82) is 0 Å². The molecule has 0 unspecified atom stereocenters. The van der Waals surface area contributed by atoms with Crippen LogP contribution in [0.4, 0.5) is 0 Å². The van der Waals surface area contributed by atoms with Crippen LogP contribution in [0.2, 0.25) is 0 Å². The molecule has 4 heteroatoms. The van der Waals surface area contributed by atoms with Gasteiger partial charge in [0.2, 0.25) is 0 Å². The summed E-state index contributed by atoms with van der Waals surface area (Å²) in [4.78, 5) is 4.69. The minimum absolute atomic E-state index is 0.416. The first-order valence-electron chi connectivity index (χ1n) is 7.52. The Balaban J connectivity index is 1.68. The molecule has 0 saturated carbocycles. The van der Waals surface area contributed by atoms with E-state index in [0.717, 1.165) is 30.8 Å². The second-order valence-corrected chi connectivity index (χ2v) is 6.72. The van der Waals surface area contributed by atoms with Gasteiger partial charge in [0.15, 0.2) is 0 Å². The summed E-state index contributed by atoms with van der Waals surface area (Å²) in [7, 11) is 1.75. The molecule has 3 nitrogen and oxygen atoms in total. The van der Waals surface area contributed by atoms with Gasteiger partial charge in [-0.2, -0.15) is 0 Å². The largest absolute Gasteiger partial charge is 0.496 e. The Kier molecular flexibility index (Phi) is 4.27. The van der Waals surface area contributed by atoms with Gasteiger partial charge in [0.1, 0.15) is 5.75 Å². The topological polar surface area (TPSA) is 34.1 Å². The molecule has 0 spiro atoms. The van der Waals surface area contributed by atoms with Crippen LogP contribution in [0.15, 0.2) is 23.6 Å². The summed E-state index contributed by atoms with van der Waals surface area (Å²) >= 11 is 1.76. The van der Waals surface area contributed by atoms with E-state index in [2.05, 4.69) is 42.7 Å². The minimum Gasteiger partial charge on any atom is -0.496 e. The summed E-state index contributed by atoms with van der Waals surface area (Å²) in [5.74, 6) is 1.53. The number of hydrogen-bond acceptors (Lipinski definition) is 4. The van der Waals surface area contributed by atoms with Crippen molar-refractivity contribution in [2.45, 2.75) is 45.2 Å². The van der Waals surface area contributed by atoms with Crippen LogP contribution in [-0.4, -0.2) is 12.1 Å². The third-order valence-electron chi connectivity index (χ3n) is 4.04. The maximum absolute atomic E-state index is 5.46. The van der Waals surface area contributed by atoms with Crippen LogP contribution in [0.3, 0.4) is 0 Å². The monoisotopic (exact) mass is 302 g/mol. The van der Waals surface area contributed by atoms with Gasteiger partial charge in [-0.15, -0.1) is 11.3 Å². The molecule has 2 aromatic rings. The standard InChI is InChI=1S/C17H22N2OS/c1-11(2)17-19-12(10-21-17)9-18-15-8-7-14-13(15)5-4-6-16(14)20-3/h4-6,10-11,15,18H,7-9H2,1-3H3/t15-/m1/s1. The zero-order chi connectivity index (χ0) is 14.8. The van der Waals surface area contributed by atoms with Crippen molar-refractivity contribution >= 4 is 11.3 Å². The number of methoxy groups -OCH3 is 1. The second-order valence-electron chi connectivity index (χ2n) is 5.83. The van der Waals surface area contributed by atoms with Crippen LogP contribution < -0.4 is 10.1 Å². The predicted molar refractivity (Wildman–Crippen MR) is 87.1 cm³/mol. The summed E-state index contributed by atoms with van der Waals surface area (Å²) in [5, 5.41) is 7.04. The van der Waals surface area contributed by atoms with E-state index in [1.165, 1.54) is 16.1 Å². The maximum Gasteiger partial charge on any atom is 0.122 e. The highest BCUT2D eigenvalue weighted by Gasteiger charge is 2.24. The van der Waals surface area contributed by atoms with E-state index in [1.54, 1.807) is 18.4 Å². The fraction of sp³-hybridized carbons (Fsp3) is 0.471. The van der Waals surface area contributed by atoms with Gasteiger partial charge >= 0.3 is 0 Å². The summed E-state index contributed by atoms with van der Waals surface area (Å²) in [5.41, 5.74) is 3.90. The summed E-state index contributed by atoms with van der Waals surface area (Å²) in [6.45, 7) is 5.22. The normalized spacial score (nSPS) is 17.2. The molecule has 0 radical (unpaired) electrons. The van der Waals surface area contributed by atoms with E-state index < -0.39 is 0 Å².